The Balaban J connectivity index is 2.23. The summed E-state index contributed by atoms with van der Waals surface area (Å²) in [5.74, 6) is 0.822. The molecule has 0 fully saturated rings. The maximum absolute atomic E-state index is 13.5. The fourth-order valence-corrected chi connectivity index (χ4v) is 2.75. The van der Waals surface area contributed by atoms with Gasteiger partial charge in [0.15, 0.2) is 0 Å². The van der Waals surface area contributed by atoms with Crippen molar-refractivity contribution in [3.8, 4) is 11.5 Å². The summed E-state index contributed by atoms with van der Waals surface area (Å²) in [6.07, 6.45) is 2.92. The van der Waals surface area contributed by atoms with Crippen molar-refractivity contribution in [3.63, 3.8) is 0 Å². The second-order valence-corrected chi connectivity index (χ2v) is 6.75. The summed E-state index contributed by atoms with van der Waals surface area (Å²) in [5.41, 5.74) is 2.86. The normalized spacial score (nSPS) is 11.1. The number of aliphatic imine (C=N–C) groups is 1. The number of nitrogens with zero attached hydrogens (tertiary/aromatic N) is 2. The van der Waals surface area contributed by atoms with Crippen molar-refractivity contribution in [2.45, 2.75) is 27.2 Å². The number of ether oxygens (including phenoxy) is 1. The highest BCUT2D eigenvalue weighted by molar-refractivity contribution is 9.10. The molecule has 128 valence electrons. The van der Waals surface area contributed by atoms with Gasteiger partial charge in [0.1, 0.15) is 17.3 Å². The molecule has 0 aliphatic rings. The lowest BCUT2D eigenvalue weighted by atomic mass is 10.1. The first kappa shape index (κ1) is 18.5. The number of halogens is 2. The van der Waals surface area contributed by atoms with Crippen molar-refractivity contribution in [1.29, 1.82) is 0 Å². The Morgan fingerprint density at radius 1 is 1.17 bits per heavy atom. The molecule has 0 saturated carbocycles. The molecule has 0 heterocycles. The molecule has 0 spiro atoms. The summed E-state index contributed by atoms with van der Waals surface area (Å²) < 4.78 is 20.0. The molecular weight excluding hydrogens is 371 g/mol. The van der Waals surface area contributed by atoms with Gasteiger partial charge in [0, 0.05) is 24.1 Å². The lowest BCUT2D eigenvalue weighted by molar-refractivity contribution is 0.472. The zero-order valence-corrected chi connectivity index (χ0v) is 16.0. The Labute approximate surface area is 151 Å². The molecule has 0 aliphatic heterocycles. The molecule has 0 amide bonds. The molecule has 3 nitrogen and oxygen atoms in total. The highest BCUT2D eigenvalue weighted by Gasteiger charge is 2.08. The number of rotatable bonds is 6. The molecule has 2 aromatic rings. The van der Waals surface area contributed by atoms with E-state index >= 15 is 0 Å². The molecule has 0 unspecified atom stereocenters. The maximum atomic E-state index is 13.5. The molecule has 5 heteroatoms. The third-order valence-corrected chi connectivity index (χ3v) is 3.99. The van der Waals surface area contributed by atoms with Gasteiger partial charge in [-0.25, -0.2) is 9.38 Å². The predicted octanol–water partition coefficient (Wildman–Crippen LogP) is 6.00. The molecular formula is C19H22BrFN2O. The van der Waals surface area contributed by atoms with Gasteiger partial charge in [-0.1, -0.05) is 22.9 Å². The van der Waals surface area contributed by atoms with Gasteiger partial charge in [-0.15, -0.1) is 0 Å². The van der Waals surface area contributed by atoms with Gasteiger partial charge in [-0.2, -0.15) is 0 Å². The van der Waals surface area contributed by atoms with E-state index in [1.807, 2.05) is 39.4 Å². The smallest absolute Gasteiger partial charge is 0.131 e. The van der Waals surface area contributed by atoms with Gasteiger partial charge >= 0.3 is 0 Å². The van der Waals surface area contributed by atoms with E-state index in [9.17, 15) is 4.39 Å². The number of hydrogen-bond acceptors (Lipinski definition) is 2. The highest BCUT2D eigenvalue weighted by Crippen LogP contribution is 2.32. The van der Waals surface area contributed by atoms with Gasteiger partial charge in [-0.3, -0.25) is 0 Å². The van der Waals surface area contributed by atoms with Gasteiger partial charge in [0.05, 0.1) is 12.0 Å². The van der Waals surface area contributed by atoms with Crippen LogP contribution in [0.5, 0.6) is 11.5 Å². The van der Waals surface area contributed by atoms with E-state index in [1.165, 1.54) is 12.1 Å². The fourth-order valence-electron chi connectivity index (χ4n) is 2.31. The van der Waals surface area contributed by atoms with Crippen molar-refractivity contribution in [3.05, 3.63) is 51.7 Å². The van der Waals surface area contributed by atoms with Gasteiger partial charge in [-0.05, 0) is 55.7 Å². The van der Waals surface area contributed by atoms with E-state index in [-0.39, 0.29) is 5.82 Å². The van der Waals surface area contributed by atoms with Crippen molar-refractivity contribution in [2.24, 2.45) is 4.99 Å². The van der Waals surface area contributed by atoms with Crippen LogP contribution in [-0.4, -0.2) is 24.8 Å². The molecule has 0 saturated heterocycles. The van der Waals surface area contributed by atoms with Crippen LogP contribution < -0.4 is 4.74 Å². The van der Waals surface area contributed by atoms with E-state index in [0.29, 0.717) is 16.0 Å². The first-order valence-corrected chi connectivity index (χ1v) is 8.68. The summed E-state index contributed by atoms with van der Waals surface area (Å²) in [6, 6.07) is 8.42. The van der Waals surface area contributed by atoms with Crippen LogP contribution in [0.4, 0.5) is 10.1 Å². The minimum absolute atomic E-state index is 0.339. The van der Waals surface area contributed by atoms with Crippen LogP contribution in [0, 0.1) is 19.7 Å². The maximum Gasteiger partial charge on any atom is 0.131 e. The van der Waals surface area contributed by atoms with E-state index in [0.717, 1.165) is 29.8 Å². The van der Waals surface area contributed by atoms with Crippen LogP contribution in [-0.2, 0) is 0 Å². The zero-order chi connectivity index (χ0) is 17.7. The van der Waals surface area contributed by atoms with Crippen LogP contribution in [0.15, 0.2) is 39.8 Å². The highest BCUT2D eigenvalue weighted by atomic mass is 79.9. The standard InChI is InChI=1S/C19H22BrFN2O/c1-5-6-23(4)12-22-18-7-14(3)19(8-13(18)2)24-17-10-15(20)9-16(21)11-17/h7-12H,5-6H2,1-4H3/b22-12+. The molecule has 0 bridgehead atoms. The summed E-state index contributed by atoms with van der Waals surface area (Å²) in [7, 11) is 2.01. The minimum Gasteiger partial charge on any atom is -0.457 e. The van der Waals surface area contributed by atoms with Crippen LogP contribution in [0.1, 0.15) is 24.5 Å². The lowest BCUT2D eigenvalue weighted by Crippen LogP contribution is -2.16. The summed E-state index contributed by atoms with van der Waals surface area (Å²) in [4.78, 5) is 6.60. The SMILES string of the molecule is CCCN(C)/C=N/c1cc(C)c(Oc2cc(F)cc(Br)c2)cc1C. The second kappa shape index (κ2) is 8.29. The Kier molecular flexibility index (Phi) is 6.37. The second-order valence-electron chi connectivity index (χ2n) is 5.84. The average Bonchev–Trinajstić information content (AvgIpc) is 2.48. The molecule has 2 rings (SSSR count). The quantitative estimate of drug-likeness (QED) is 0.444. The third-order valence-electron chi connectivity index (χ3n) is 3.53. The minimum atomic E-state index is -0.339. The lowest BCUT2D eigenvalue weighted by Gasteiger charge is -2.13. The van der Waals surface area contributed by atoms with Gasteiger partial charge in [0.25, 0.3) is 0 Å². The van der Waals surface area contributed by atoms with Crippen molar-refractivity contribution >= 4 is 28.0 Å². The first-order valence-electron chi connectivity index (χ1n) is 7.88. The summed E-state index contributed by atoms with van der Waals surface area (Å²) >= 11 is 3.27. The fraction of sp³-hybridized carbons (Fsp3) is 0.316. The molecule has 0 N–H and O–H groups in total. The Morgan fingerprint density at radius 3 is 2.58 bits per heavy atom. The molecule has 0 radical (unpaired) electrons. The monoisotopic (exact) mass is 392 g/mol. The van der Waals surface area contributed by atoms with E-state index < -0.39 is 0 Å². The van der Waals surface area contributed by atoms with Crippen LogP contribution in [0.2, 0.25) is 0 Å². The van der Waals surface area contributed by atoms with Crippen molar-refractivity contribution in [2.75, 3.05) is 13.6 Å². The third kappa shape index (κ3) is 5.06. The molecule has 2 aromatic carbocycles. The van der Waals surface area contributed by atoms with Gasteiger partial charge < -0.3 is 9.64 Å². The van der Waals surface area contributed by atoms with Crippen LogP contribution in [0.3, 0.4) is 0 Å². The zero-order valence-electron chi connectivity index (χ0n) is 14.4. The number of hydrogen-bond donors (Lipinski definition) is 0. The Hall–Kier alpha value is -1.88. The summed E-state index contributed by atoms with van der Waals surface area (Å²) in [6.45, 7) is 7.05. The molecule has 0 aliphatic carbocycles. The number of benzene rings is 2. The van der Waals surface area contributed by atoms with E-state index in [2.05, 4.69) is 32.7 Å². The topological polar surface area (TPSA) is 24.8 Å². The first-order chi connectivity index (χ1) is 11.4. The molecule has 0 atom stereocenters. The Bertz CT molecular complexity index is 726. The average molecular weight is 393 g/mol. The predicted molar refractivity (Wildman–Crippen MR) is 101 cm³/mol. The van der Waals surface area contributed by atoms with Crippen molar-refractivity contribution < 1.29 is 9.13 Å². The van der Waals surface area contributed by atoms with E-state index in [4.69, 9.17) is 4.74 Å². The van der Waals surface area contributed by atoms with E-state index in [1.54, 1.807) is 6.07 Å². The van der Waals surface area contributed by atoms with Gasteiger partial charge in [0.2, 0.25) is 0 Å². The largest absolute Gasteiger partial charge is 0.457 e. The molecule has 0 aromatic heterocycles. The van der Waals surface area contributed by atoms with Crippen molar-refractivity contribution in [1.82, 2.24) is 4.90 Å². The molecule has 24 heavy (non-hydrogen) atoms. The summed E-state index contributed by atoms with van der Waals surface area (Å²) in [5, 5.41) is 0. The Morgan fingerprint density at radius 2 is 1.92 bits per heavy atom. The van der Waals surface area contributed by atoms with Crippen LogP contribution >= 0.6 is 15.9 Å². The number of aryl methyl sites for hydroxylation is 2. The van der Waals surface area contributed by atoms with Crippen LogP contribution in [0.25, 0.3) is 0 Å².